The minimum absolute atomic E-state index is 0.796. The molecule has 0 fully saturated rings. The zero-order valence-corrected chi connectivity index (χ0v) is 16.1. The van der Waals surface area contributed by atoms with Crippen molar-refractivity contribution in [1.82, 2.24) is 15.5 Å². The quantitative estimate of drug-likeness (QED) is 0.262. The van der Waals surface area contributed by atoms with Crippen molar-refractivity contribution < 1.29 is 4.74 Å². The average Bonchev–Trinajstić information content (AvgIpc) is 2.60. The Morgan fingerprint density at radius 3 is 2.71 bits per heavy atom. The van der Waals surface area contributed by atoms with E-state index >= 15 is 0 Å². The predicted molar refractivity (Wildman–Crippen MR) is 105 cm³/mol. The minimum atomic E-state index is 0.796. The van der Waals surface area contributed by atoms with Crippen molar-refractivity contribution in [3.8, 4) is 0 Å². The molecule has 136 valence electrons. The Kier molecular flexibility index (Phi) is 12.3. The molecule has 0 aromatic heterocycles. The van der Waals surface area contributed by atoms with E-state index < -0.39 is 0 Å². The van der Waals surface area contributed by atoms with Crippen LogP contribution in [0.2, 0.25) is 0 Å². The summed E-state index contributed by atoms with van der Waals surface area (Å²) in [4.78, 5) is 8.23. The van der Waals surface area contributed by atoms with Crippen molar-refractivity contribution in [1.29, 1.82) is 0 Å². The first-order valence-corrected chi connectivity index (χ1v) is 9.62. The lowest BCUT2D eigenvalue weighted by molar-refractivity contribution is 0.180. The van der Waals surface area contributed by atoms with Crippen LogP contribution >= 0.6 is 11.8 Å². The molecule has 6 heteroatoms. The summed E-state index contributed by atoms with van der Waals surface area (Å²) in [6.07, 6.45) is 1.06. The van der Waals surface area contributed by atoms with Gasteiger partial charge in [0.25, 0.3) is 0 Å². The average molecular weight is 353 g/mol. The molecule has 0 radical (unpaired) electrons. The molecule has 0 spiro atoms. The molecular weight excluding hydrogens is 320 g/mol. The molecule has 0 aliphatic heterocycles. The van der Waals surface area contributed by atoms with Gasteiger partial charge in [0.1, 0.15) is 0 Å². The van der Waals surface area contributed by atoms with E-state index in [1.807, 2.05) is 17.8 Å². The molecule has 1 rings (SSSR count). The van der Waals surface area contributed by atoms with Crippen molar-refractivity contribution in [3.05, 3.63) is 30.3 Å². The van der Waals surface area contributed by atoms with Crippen molar-refractivity contribution >= 4 is 17.7 Å². The van der Waals surface area contributed by atoms with E-state index in [1.54, 1.807) is 7.11 Å². The number of aliphatic imine (C=N–C) groups is 1. The summed E-state index contributed by atoms with van der Waals surface area (Å²) in [5.74, 6) is 1.92. The number of hydrogen-bond donors (Lipinski definition) is 2. The highest BCUT2D eigenvalue weighted by Crippen LogP contribution is 2.15. The Morgan fingerprint density at radius 1 is 1.21 bits per heavy atom. The first-order valence-electron chi connectivity index (χ1n) is 8.63. The van der Waals surface area contributed by atoms with Gasteiger partial charge in [0, 0.05) is 50.5 Å². The molecule has 0 aliphatic rings. The number of methoxy groups -OCH3 is 1. The number of guanidine groups is 1. The van der Waals surface area contributed by atoms with Crippen molar-refractivity contribution in [2.24, 2.45) is 4.99 Å². The Bertz CT molecular complexity index is 442. The highest BCUT2D eigenvalue weighted by atomic mass is 32.2. The molecule has 0 unspecified atom stereocenters. The molecule has 0 amide bonds. The maximum absolute atomic E-state index is 5.08. The number of likely N-dealkylation sites (N-methyl/N-ethyl adjacent to an activating group) is 1. The van der Waals surface area contributed by atoms with Crippen LogP contribution < -0.4 is 10.6 Å². The fourth-order valence-corrected chi connectivity index (χ4v) is 2.91. The van der Waals surface area contributed by atoms with Gasteiger partial charge in [-0.15, -0.1) is 11.8 Å². The van der Waals surface area contributed by atoms with Gasteiger partial charge in [0.15, 0.2) is 5.96 Å². The van der Waals surface area contributed by atoms with Gasteiger partial charge in [0.05, 0.1) is 6.54 Å². The number of nitrogens with one attached hydrogen (secondary N) is 2. The number of ether oxygens (including phenoxy) is 1. The molecule has 0 aliphatic carbocycles. The highest BCUT2D eigenvalue weighted by molar-refractivity contribution is 7.99. The fraction of sp³-hybridized carbons (Fsp3) is 0.611. The maximum Gasteiger partial charge on any atom is 0.191 e. The van der Waals surface area contributed by atoms with Gasteiger partial charge in [-0.2, -0.15) is 0 Å². The topological polar surface area (TPSA) is 48.9 Å². The summed E-state index contributed by atoms with van der Waals surface area (Å²) in [5.41, 5.74) is 0. The Morgan fingerprint density at radius 2 is 2.00 bits per heavy atom. The zero-order chi connectivity index (χ0) is 17.5. The molecule has 2 N–H and O–H groups in total. The predicted octanol–water partition coefficient (Wildman–Crippen LogP) is 2.30. The molecule has 1 aromatic rings. The van der Waals surface area contributed by atoms with Crippen LogP contribution in [0.1, 0.15) is 13.3 Å². The smallest absolute Gasteiger partial charge is 0.191 e. The summed E-state index contributed by atoms with van der Waals surface area (Å²) in [6.45, 7) is 7.48. The fourth-order valence-electron chi connectivity index (χ4n) is 2.12. The maximum atomic E-state index is 5.08. The third-order valence-corrected chi connectivity index (χ3v) is 4.40. The van der Waals surface area contributed by atoms with Crippen LogP contribution in [-0.4, -0.2) is 70.1 Å². The monoisotopic (exact) mass is 352 g/mol. The number of benzene rings is 1. The normalized spacial score (nSPS) is 11.8. The molecule has 1 aromatic carbocycles. The van der Waals surface area contributed by atoms with Gasteiger partial charge in [-0.25, -0.2) is 0 Å². The zero-order valence-electron chi connectivity index (χ0n) is 15.3. The minimum Gasteiger partial charge on any atom is -0.385 e. The van der Waals surface area contributed by atoms with E-state index in [-0.39, 0.29) is 0 Å². The molecule has 0 bridgehead atoms. The SMILES string of the molecule is CCNC(=NCCN(C)CCCOC)NCCSc1ccccc1. The van der Waals surface area contributed by atoms with Gasteiger partial charge in [-0.3, -0.25) is 4.99 Å². The van der Waals surface area contributed by atoms with E-state index in [2.05, 4.69) is 58.8 Å². The number of hydrogen-bond acceptors (Lipinski definition) is 4. The van der Waals surface area contributed by atoms with Gasteiger partial charge in [-0.1, -0.05) is 18.2 Å². The first-order chi connectivity index (χ1) is 11.8. The van der Waals surface area contributed by atoms with Crippen LogP contribution in [0.15, 0.2) is 40.2 Å². The van der Waals surface area contributed by atoms with Crippen LogP contribution in [0.25, 0.3) is 0 Å². The first kappa shape index (κ1) is 20.8. The second-order valence-electron chi connectivity index (χ2n) is 5.50. The second kappa shape index (κ2) is 14.1. The van der Waals surface area contributed by atoms with E-state index in [0.717, 1.165) is 57.5 Å². The van der Waals surface area contributed by atoms with E-state index in [9.17, 15) is 0 Å². The molecular formula is C18H32N4OS. The highest BCUT2D eigenvalue weighted by Gasteiger charge is 2.00. The molecule has 0 atom stereocenters. The third-order valence-electron chi connectivity index (χ3n) is 3.39. The van der Waals surface area contributed by atoms with Gasteiger partial charge >= 0.3 is 0 Å². The number of nitrogens with zero attached hydrogens (tertiary/aromatic N) is 2. The lowest BCUT2D eigenvalue weighted by Crippen LogP contribution is -2.39. The summed E-state index contributed by atoms with van der Waals surface area (Å²) >= 11 is 1.86. The van der Waals surface area contributed by atoms with E-state index in [4.69, 9.17) is 4.74 Å². The van der Waals surface area contributed by atoms with Crippen LogP contribution in [-0.2, 0) is 4.74 Å². The van der Waals surface area contributed by atoms with Gasteiger partial charge in [0.2, 0.25) is 0 Å². The number of rotatable bonds is 12. The summed E-state index contributed by atoms with van der Waals surface area (Å²) in [7, 11) is 3.87. The molecule has 5 nitrogen and oxygen atoms in total. The van der Waals surface area contributed by atoms with Crippen LogP contribution in [0, 0.1) is 0 Å². The Hall–Kier alpha value is -1.24. The Balaban J connectivity index is 2.21. The lowest BCUT2D eigenvalue weighted by Gasteiger charge is -2.16. The van der Waals surface area contributed by atoms with Gasteiger partial charge < -0.3 is 20.3 Å². The molecule has 0 heterocycles. The molecule has 0 saturated carbocycles. The summed E-state index contributed by atoms with van der Waals surface area (Å²) in [6, 6.07) is 10.5. The lowest BCUT2D eigenvalue weighted by atomic mass is 10.4. The van der Waals surface area contributed by atoms with Crippen LogP contribution in [0.5, 0.6) is 0 Å². The Labute approximate surface area is 151 Å². The third kappa shape index (κ3) is 10.5. The second-order valence-corrected chi connectivity index (χ2v) is 6.67. The summed E-state index contributed by atoms with van der Waals surface area (Å²) < 4.78 is 5.08. The molecule has 0 saturated heterocycles. The van der Waals surface area contributed by atoms with E-state index in [1.165, 1.54) is 4.90 Å². The van der Waals surface area contributed by atoms with Crippen LogP contribution in [0.4, 0.5) is 0 Å². The summed E-state index contributed by atoms with van der Waals surface area (Å²) in [5, 5.41) is 6.69. The van der Waals surface area contributed by atoms with Crippen molar-refractivity contribution in [2.45, 2.75) is 18.2 Å². The standard InChI is InChI=1S/C18H32N4OS/c1-4-19-18(20-11-14-22(2)13-8-15-23-3)21-12-16-24-17-9-6-5-7-10-17/h5-7,9-10H,4,8,11-16H2,1-3H3,(H2,19,20,21). The largest absolute Gasteiger partial charge is 0.385 e. The van der Waals surface area contributed by atoms with Crippen molar-refractivity contribution in [3.63, 3.8) is 0 Å². The molecule has 24 heavy (non-hydrogen) atoms. The van der Waals surface area contributed by atoms with Crippen molar-refractivity contribution in [2.75, 3.05) is 59.2 Å². The van der Waals surface area contributed by atoms with Crippen LogP contribution in [0.3, 0.4) is 0 Å². The number of thioether (sulfide) groups is 1. The van der Waals surface area contributed by atoms with Gasteiger partial charge in [-0.05, 0) is 32.5 Å². The van der Waals surface area contributed by atoms with E-state index in [0.29, 0.717) is 0 Å².